The maximum Gasteiger partial charge on any atom is 0.494 e. The van der Waals surface area contributed by atoms with Crippen LogP contribution >= 0.6 is 0 Å². The number of hydrogen-bond donors (Lipinski definition) is 0. The van der Waals surface area contributed by atoms with E-state index in [4.69, 9.17) is 14.0 Å². The van der Waals surface area contributed by atoms with Gasteiger partial charge in [-0.1, -0.05) is 13.0 Å². The molecule has 0 aromatic heterocycles. The van der Waals surface area contributed by atoms with Gasteiger partial charge in [-0.15, -0.1) is 0 Å². The fourth-order valence-electron chi connectivity index (χ4n) is 2.37. The molecule has 1 aliphatic heterocycles. The van der Waals surface area contributed by atoms with Gasteiger partial charge in [-0.25, -0.2) is 4.79 Å². The average Bonchev–Trinajstić information content (AvgIpc) is 2.67. The van der Waals surface area contributed by atoms with E-state index in [1.165, 1.54) is 0 Å². The Morgan fingerprint density at radius 3 is 2.18 bits per heavy atom. The van der Waals surface area contributed by atoms with E-state index in [9.17, 15) is 4.79 Å². The first kappa shape index (κ1) is 17.0. The Morgan fingerprint density at radius 1 is 1.09 bits per heavy atom. The first-order valence-electron chi connectivity index (χ1n) is 7.87. The van der Waals surface area contributed by atoms with Gasteiger partial charge in [0.2, 0.25) is 0 Å². The van der Waals surface area contributed by atoms with Gasteiger partial charge in [0.25, 0.3) is 0 Å². The second-order valence-corrected chi connectivity index (χ2v) is 6.63. The molecule has 0 bridgehead atoms. The molecule has 4 nitrogen and oxygen atoms in total. The Bertz CT molecular complexity index is 550. The highest BCUT2D eigenvalue weighted by atomic mass is 16.7. The van der Waals surface area contributed by atoms with Crippen LogP contribution < -0.4 is 5.46 Å². The highest BCUT2D eigenvalue weighted by Gasteiger charge is 2.51. The van der Waals surface area contributed by atoms with Crippen LogP contribution in [0.15, 0.2) is 18.2 Å². The van der Waals surface area contributed by atoms with Crippen molar-refractivity contribution in [1.29, 1.82) is 0 Å². The van der Waals surface area contributed by atoms with Crippen molar-refractivity contribution in [2.75, 3.05) is 6.61 Å². The Hall–Kier alpha value is -1.33. The molecule has 0 atom stereocenters. The van der Waals surface area contributed by atoms with Crippen LogP contribution in [0, 0.1) is 0 Å². The predicted molar refractivity (Wildman–Crippen MR) is 87.5 cm³/mol. The molecule has 5 heteroatoms. The molecule has 1 saturated heterocycles. The van der Waals surface area contributed by atoms with Crippen LogP contribution in [-0.2, 0) is 20.5 Å². The molecular formula is C17H25BO4. The first-order chi connectivity index (χ1) is 10.2. The molecule has 0 amide bonds. The summed E-state index contributed by atoms with van der Waals surface area (Å²) in [6.45, 7) is 12.3. The minimum absolute atomic E-state index is 0.310. The summed E-state index contributed by atoms with van der Waals surface area (Å²) in [6.07, 6.45) is 0.833. The topological polar surface area (TPSA) is 44.8 Å². The van der Waals surface area contributed by atoms with Crippen molar-refractivity contribution < 1.29 is 18.8 Å². The molecule has 0 radical (unpaired) electrons. The summed E-state index contributed by atoms with van der Waals surface area (Å²) in [5, 5.41) is 0. The van der Waals surface area contributed by atoms with Crippen molar-refractivity contribution in [3.8, 4) is 0 Å². The molecule has 1 aliphatic rings. The second-order valence-electron chi connectivity index (χ2n) is 6.63. The Labute approximate surface area is 133 Å². The lowest BCUT2D eigenvalue weighted by molar-refractivity contribution is 0.00578. The van der Waals surface area contributed by atoms with Crippen molar-refractivity contribution in [2.24, 2.45) is 0 Å². The normalized spacial score (nSPS) is 19.3. The molecule has 1 heterocycles. The van der Waals surface area contributed by atoms with E-state index in [2.05, 4.69) is 6.92 Å². The molecule has 0 N–H and O–H groups in total. The van der Waals surface area contributed by atoms with Crippen LogP contribution in [0.3, 0.4) is 0 Å². The molecule has 22 heavy (non-hydrogen) atoms. The van der Waals surface area contributed by atoms with Crippen LogP contribution in [0.1, 0.15) is 57.5 Å². The molecule has 1 fully saturated rings. The Balaban J connectivity index is 2.36. The number of benzene rings is 1. The summed E-state index contributed by atoms with van der Waals surface area (Å²) in [4.78, 5) is 12.0. The highest BCUT2D eigenvalue weighted by Crippen LogP contribution is 2.36. The molecule has 1 aromatic carbocycles. The number of aryl methyl sites for hydroxylation is 1. The SMILES string of the molecule is CCOC(=O)c1cc(CC)cc(B2OC(C)(C)C(C)(C)O2)c1. The van der Waals surface area contributed by atoms with Gasteiger partial charge < -0.3 is 14.0 Å². The standard InChI is InChI=1S/C17H25BO4/c1-7-12-9-13(15(19)20-8-2)11-14(10-12)18-21-16(3,4)17(5,6)22-18/h9-11H,7-8H2,1-6H3. The third kappa shape index (κ3) is 3.20. The average molecular weight is 304 g/mol. The first-order valence-corrected chi connectivity index (χ1v) is 7.87. The lowest BCUT2D eigenvalue weighted by atomic mass is 9.77. The summed E-state index contributed by atoms with van der Waals surface area (Å²) in [6, 6.07) is 5.71. The summed E-state index contributed by atoms with van der Waals surface area (Å²) in [5.41, 5.74) is 1.68. The lowest BCUT2D eigenvalue weighted by Gasteiger charge is -2.32. The smallest absolute Gasteiger partial charge is 0.462 e. The number of esters is 1. The van der Waals surface area contributed by atoms with Crippen molar-refractivity contribution >= 4 is 18.6 Å². The molecule has 0 unspecified atom stereocenters. The fraction of sp³-hybridized carbons (Fsp3) is 0.588. The molecule has 0 aliphatic carbocycles. The van der Waals surface area contributed by atoms with E-state index in [-0.39, 0.29) is 5.97 Å². The van der Waals surface area contributed by atoms with E-state index in [1.54, 1.807) is 13.0 Å². The Morgan fingerprint density at radius 2 is 1.68 bits per heavy atom. The van der Waals surface area contributed by atoms with Gasteiger partial charge in [0.05, 0.1) is 23.4 Å². The fourth-order valence-corrected chi connectivity index (χ4v) is 2.37. The Kier molecular flexibility index (Phi) is 4.69. The summed E-state index contributed by atoms with van der Waals surface area (Å²) in [7, 11) is -0.468. The number of carbonyl (C=O) groups excluding carboxylic acids is 1. The van der Waals surface area contributed by atoms with Gasteiger partial charge in [-0.3, -0.25) is 0 Å². The van der Waals surface area contributed by atoms with Crippen LogP contribution in [0.5, 0.6) is 0 Å². The van der Waals surface area contributed by atoms with Gasteiger partial charge in [0, 0.05) is 0 Å². The van der Waals surface area contributed by atoms with Crippen LogP contribution in [0.4, 0.5) is 0 Å². The maximum absolute atomic E-state index is 12.0. The minimum atomic E-state index is -0.468. The zero-order valence-corrected chi connectivity index (χ0v) is 14.4. The summed E-state index contributed by atoms with van der Waals surface area (Å²) in [5.74, 6) is -0.310. The quantitative estimate of drug-likeness (QED) is 0.634. The molecule has 1 aromatic rings. The summed E-state index contributed by atoms with van der Waals surface area (Å²) < 4.78 is 17.2. The highest BCUT2D eigenvalue weighted by molar-refractivity contribution is 6.62. The van der Waals surface area contributed by atoms with Gasteiger partial charge in [0.15, 0.2) is 0 Å². The zero-order chi connectivity index (χ0) is 16.5. The van der Waals surface area contributed by atoms with Crippen molar-refractivity contribution in [3.05, 3.63) is 29.3 Å². The third-order valence-corrected chi connectivity index (χ3v) is 4.46. The molecule has 120 valence electrons. The monoisotopic (exact) mass is 304 g/mol. The number of ether oxygens (including phenoxy) is 1. The van der Waals surface area contributed by atoms with Gasteiger partial charge in [-0.2, -0.15) is 0 Å². The van der Waals surface area contributed by atoms with Crippen LogP contribution in [0.25, 0.3) is 0 Å². The van der Waals surface area contributed by atoms with Crippen molar-refractivity contribution in [1.82, 2.24) is 0 Å². The maximum atomic E-state index is 12.0. The largest absolute Gasteiger partial charge is 0.494 e. The van der Waals surface area contributed by atoms with E-state index >= 15 is 0 Å². The number of rotatable bonds is 4. The van der Waals surface area contributed by atoms with E-state index in [1.807, 2.05) is 39.8 Å². The third-order valence-electron chi connectivity index (χ3n) is 4.46. The van der Waals surface area contributed by atoms with Gasteiger partial charge in [0.1, 0.15) is 0 Å². The van der Waals surface area contributed by atoms with E-state index in [0.29, 0.717) is 12.2 Å². The summed E-state index contributed by atoms with van der Waals surface area (Å²) >= 11 is 0. The predicted octanol–water partition coefficient (Wildman–Crippen LogP) is 2.72. The van der Waals surface area contributed by atoms with Gasteiger partial charge >= 0.3 is 13.1 Å². The minimum Gasteiger partial charge on any atom is -0.462 e. The van der Waals surface area contributed by atoms with E-state index in [0.717, 1.165) is 17.4 Å². The second kappa shape index (κ2) is 6.05. The lowest BCUT2D eigenvalue weighted by Crippen LogP contribution is -2.41. The van der Waals surface area contributed by atoms with Crippen LogP contribution in [-0.4, -0.2) is 30.9 Å². The molecule has 2 rings (SSSR count). The van der Waals surface area contributed by atoms with Crippen molar-refractivity contribution in [2.45, 2.75) is 59.2 Å². The molecular weight excluding hydrogens is 279 g/mol. The van der Waals surface area contributed by atoms with Crippen LogP contribution in [0.2, 0.25) is 0 Å². The number of hydrogen-bond acceptors (Lipinski definition) is 4. The van der Waals surface area contributed by atoms with E-state index < -0.39 is 18.3 Å². The molecule has 0 saturated carbocycles. The van der Waals surface area contributed by atoms with Gasteiger partial charge in [-0.05, 0) is 64.2 Å². The zero-order valence-electron chi connectivity index (χ0n) is 14.4. The number of carbonyl (C=O) groups is 1. The molecule has 0 spiro atoms. The van der Waals surface area contributed by atoms with Crippen molar-refractivity contribution in [3.63, 3.8) is 0 Å².